The van der Waals surface area contributed by atoms with Crippen molar-refractivity contribution in [3.63, 3.8) is 0 Å². The molecule has 11 heteroatoms. The molecule has 4 rings (SSSR count). The number of benzene rings is 4. The molecule has 4 aromatic carbocycles. The van der Waals surface area contributed by atoms with Crippen molar-refractivity contribution >= 4 is 50.7 Å². The monoisotopic (exact) mass is 669 g/mol. The number of carbonyl (C=O) groups excluding carboxylic acids is 2. The molecular formula is C34H34Cl2FN3O4S. The molecule has 1 atom stereocenters. The van der Waals surface area contributed by atoms with Crippen LogP contribution in [0, 0.1) is 5.82 Å². The highest BCUT2D eigenvalue weighted by molar-refractivity contribution is 7.92. The first kappa shape index (κ1) is 34.0. The first-order valence-electron chi connectivity index (χ1n) is 14.5. The summed E-state index contributed by atoms with van der Waals surface area (Å²) in [5, 5.41) is 3.56. The Hall–Kier alpha value is -3.92. The molecule has 0 aliphatic carbocycles. The Bertz CT molecular complexity index is 1690. The molecule has 45 heavy (non-hydrogen) atoms. The van der Waals surface area contributed by atoms with E-state index in [4.69, 9.17) is 23.2 Å². The Morgan fingerprint density at radius 3 is 2.18 bits per heavy atom. The lowest BCUT2D eigenvalue weighted by Crippen LogP contribution is -2.53. The predicted octanol–water partition coefficient (Wildman–Crippen LogP) is 6.88. The van der Waals surface area contributed by atoms with Gasteiger partial charge in [-0.1, -0.05) is 85.1 Å². The van der Waals surface area contributed by atoms with Crippen LogP contribution < -0.4 is 9.62 Å². The van der Waals surface area contributed by atoms with Crippen LogP contribution in [0.4, 0.5) is 10.1 Å². The molecule has 0 bridgehead atoms. The Balaban J connectivity index is 1.78. The molecule has 7 nitrogen and oxygen atoms in total. The van der Waals surface area contributed by atoms with E-state index in [1.165, 1.54) is 65.6 Å². The highest BCUT2D eigenvalue weighted by Gasteiger charge is 2.34. The summed E-state index contributed by atoms with van der Waals surface area (Å²) in [7, 11) is -4.30. The van der Waals surface area contributed by atoms with Crippen LogP contribution in [-0.4, -0.2) is 44.3 Å². The van der Waals surface area contributed by atoms with Crippen molar-refractivity contribution < 1.29 is 22.4 Å². The zero-order chi connectivity index (χ0) is 32.4. The van der Waals surface area contributed by atoms with E-state index in [1.807, 2.05) is 37.3 Å². The third-order valence-electron chi connectivity index (χ3n) is 7.14. The Kier molecular flexibility index (Phi) is 12.0. The molecule has 0 aliphatic heterocycles. The number of hydrogen-bond acceptors (Lipinski definition) is 4. The zero-order valence-corrected chi connectivity index (χ0v) is 27.0. The molecule has 236 valence electrons. The summed E-state index contributed by atoms with van der Waals surface area (Å²) in [5.74, 6) is -1.46. The van der Waals surface area contributed by atoms with E-state index in [0.717, 1.165) is 22.7 Å². The van der Waals surface area contributed by atoms with Crippen molar-refractivity contribution in [3.8, 4) is 0 Å². The SMILES string of the molecule is CCCCNC(=O)[C@@H](Cc1ccccc1)N(Cc1ccc(F)cc1)C(=O)CN(c1cccc(Cl)c1)S(=O)(=O)c1ccc(Cl)cc1. The quantitative estimate of drug-likeness (QED) is 0.148. The lowest BCUT2D eigenvalue weighted by molar-refractivity contribution is -0.140. The minimum atomic E-state index is -4.30. The normalized spacial score (nSPS) is 11.9. The summed E-state index contributed by atoms with van der Waals surface area (Å²) in [6.45, 7) is 1.71. The van der Waals surface area contributed by atoms with E-state index in [-0.39, 0.29) is 34.5 Å². The van der Waals surface area contributed by atoms with E-state index < -0.39 is 34.3 Å². The Morgan fingerprint density at radius 1 is 0.844 bits per heavy atom. The highest BCUT2D eigenvalue weighted by Crippen LogP contribution is 2.28. The number of nitrogens with zero attached hydrogens (tertiary/aromatic N) is 2. The number of halogens is 3. The number of rotatable bonds is 14. The lowest BCUT2D eigenvalue weighted by Gasteiger charge is -2.34. The van der Waals surface area contributed by atoms with Gasteiger partial charge in [0.05, 0.1) is 10.6 Å². The summed E-state index contributed by atoms with van der Waals surface area (Å²) in [6, 6.07) is 25.6. The average Bonchev–Trinajstić information content (AvgIpc) is 3.03. The fourth-order valence-corrected chi connectivity index (χ4v) is 6.46. The van der Waals surface area contributed by atoms with Crippen LogP contribution in [0.15, 0.2) is 108 Å². The molecule has 1 N–H and O–H groups in total. The van der Waals surface area contributed by atoms with Gasteiger partial charge in [-0.2, -0.15) is 0 Å². The number of unbranched alkanes of at least 4 members (excludes halogenated alkanes) is 1. The molecule has 0 saturated heterocycles. The standard InChI is InChI=1S/C34H34Cl2FN3O4S/c1-2-3-20-38-34(42)32(21-25-8-5-4-6-9-25)39(23-26-12-16-29(37)17-13-26)33(41)24-40(30-11-7-10-28(36)22-30)45(43,44)31-18-14-27(35)15-19-31/h4-19,22,32H,2-3,20-21,23-24H2,1H3,(H,38,42)/t32-/m1/s1. The molecule has 0 aliphatic rings. The van der Waals surface area contributed by atoms with Gasteiger partial charge in [0.2, 0.25) is 11.8 Å². The highest BCUT2D eigenvalue weighted by atomic mass is 35.5. The molecule has 0 heterocycles. The molecule has 2 amide bonds. The number of sulfonamides is 1. The van der Waals surface area contributed by atoms with Crippen LogP contribution in [-0.2, 0) is 32.6 Å². The fourth-order valence-electron chi connectivity index (χ4n) is 4.74. The number of amides is 2. The van der Waals surface area contributed by atoms with Gasteiger partial charge in [-0.3, -0.25) is 13.9 Å². The van der Waals surface area contributed by atoms with Gasteiger partial charge in [0, 0.05) is 29.6 Å². The molecule has 0 unspecified atom stereocenters. The smallest absolute Gasteiger partial charge is 0.264 e. The third-order valence-corrected chi connectivity index (χ3v) is 9.42. The van der Waals surface area contributed by atoms with Crippen molar-refractivity contribution in [3.05, 3.63) is 130 Å². The molecule has 0 radical (unpaired) electrons. The maximum atomic E-state index is 14.4. The lowest BCUT2D eigenvalue weighted by atomic mass is 10.0. The van der Waals surface area contributed by atoms with Crippen molar-refractivity contribution in [1.82, 2.24) is 10.2 Å². The van der Waals surface area contributed by atoms with Gasteiger partial charge in [-0.15, -0.1) is 0 Å². The summed E-state index contributed by atoms with van der Waals surface area (Å²) in [6.07, 6.45) is 1.78. The fraction of sp³-hybridized carbons (Fsp3) is 0.235. The van der Waals surface area contributed by atoms with Crippen molar-refractivity contribution in [2.24, 2.45) is 0 Å². The van der Waals surface area contributed by atoms with E-state index in [0.29, 0.717) is 17.1 Å². The van der Waals surface area contributed by atoms with Crippen LogP contribution in [0.2, 0.25) is 10.0 Å². The summed E-state index contributed by atoms with van der Waals surface area (Å²) < 4.78 is 42.8. The van der Waals surface area contributed by atoms with E-state index in [1.54, 1.807) is 12.1 Å². The second-order valence-electron chi connectivity index (χ2n) is 10.4. The van der Waals surface area contributed by atoms with Crippen LogP contribution in [0.3, 0.4) is 0 Å². The molecule has 0 spiro atoms. The van der Waals surface area contributed by atoms with E-state index in [2.05, 4.69) is 5.32 Å². The van der Waals surface area contributed by atoms with E-state index >= 15 is 0 Å². The molecule has 0 saturated carbocycles. The minimum absolute atomic E-state index is 0.0673. The van der Waals surface area contributed by atoms with Crippen LogP contribution in [0.25, 0.3) is 0 Å². The van der Waals surface area contributed by atoms with Gasteiger partial charge < -0.3 is 10.2 Å². The third kappa shape index (κ3) is 9.29. The largest absolute Gasteiger partial charge is 0.354 e. The van der Waals surface area contributed by atoms with Crippen LogP contribution in [0.5, 0.6) is 0 Å². The molecule has 0 fully saturated rings. The van der Waals surface area contributed by atoms with Gasteiger partial charge in [0.15, 0.2) is 0 Å². The minimum Gasteiger partial charge on any atom is -0.354 e. The number of carbonyl (C=O) groups is 2. The van der Waals surface area contributed by atoms with Crippen molar-refractivity contribution in [2.75, 3.05) is 17.4 Å². The first-order chi connectivity index (χ1) is 21.6. The predicted molar refractivity (Wildman–Crippen MR) is 176 cm³/mol. The maximum Gasteiger partial charge on any atom is 0.264 e. The summed E-state index contributed by atoms with van der Waals surface area (Å²) in [5.41, 5.74) is 1.55. The van der Waals surface area contributed by atoms with Gasteiger partial charge in [0.25, 0.3) is 10.0 Å². The van der Waals surface area contributed by atoms with Gasteiger partial charge in [-0.05, 0) is 72.1 Å². The Morgan fingerprint density at radius 2 is 1.53 bits per heavy atom. The second kappa shape index (κ2) is 15.9. The zero-order valence-electron chi connectivity index (χ0n) is 24.7. The molecular weight excluding hydrogens is 636 g/mol. The van der Waals surface area contributed by atoms with Crippen molar-refractivity contribution in [1.29, 1.82) is 0 Å². The van der Waals surface area contributed by atoms with Gasteiger partial charge in [0.1, 0.15) is 18.4 Å². The molecule has 0 aromatic heterocycles. The number of hydrogen-bond donors (Lipinski definition) is 1. The van der Waals surface area contributed by atoms with Gasteiger partial charge in [-0.25, -0.2) is 12.8 Å². The second-order valence-corrected chi connectivity index (χ2v) is 13.2. The van der Waals surface area contributed by atoms with E-state index in [9.17, 15) is 22.4 Å². The average molecular weight is 671 g/mol. The summed E-state index contributed by atoms with van der Waals surface area (Å²) in [4.78, 5) is 29.4. The molecule has 4 aromatic rings. The maximum absolute atomic E-state index is 14.4. The Labute approximate surface area is 273 Å². The topological polar surface area (TPSA) is 86.8 Å². The summed E-state index contributed by atoms with van der Waals surface area (Å²) >= 11 is 12.3. The number of nitrogens with one attached hydrogen (secondary N) is 1. The number of anilines is 1. The van der Waals surface area contributed by atoms with Crippen LogP contribution >= 0.6 is 23.2 Å². The first-order valence-corrected chi connectivity index (χ1v) is 16.7. The van der Waals surface area contributed by atoms with Crippen molar-refractivity contribution in [2.45, 2.75) is 43.7 Å². The van der Waals surface area contributed by atoms with Crippen LogP contribution in [0.1, 0.15) is 30.9 Å². The van der Waals surface area contributed by atoms with Gasteiger partial charge >= 0.3 is 0 Å².